The van der Waals surface area contributed by atoms with Crippen LogP contribution in [0, 0.1) is 5.92 Å². The zero-order valence-electron chi connectivity index (χ0n) is 31.6. The number of carbonyl (C=O) groups is 5. The Morgan fingerprint density at radius 2 is 1.23 bits per heavy atom. The third-order valence-corrected chi connectivity index (χ3v) is 9.52. The highest BCUT2D eigenvalue weighted by Crippen LogP contribution is 2.32. The molecule has 2 amide bonds. The maximum absolute atomic E-state index is 12.6. The summed E-state index contributed by atoms with van der Waals surface area (Å²) in [6.45, 7) is 6.59. The van der Waals surface area contributed by atoms with E-state index in [1.54, 1.807) is 31.1 Å². The van der Waals surface area contributed by atoms with Gasteiger partial charge >= 0.3 is 24.1 Å². The number of Topliss-reactive ketones (excluding diaryl/α,β-unsaturated/α-hetero) is 2. The first kappa shape index (κ1) is 45.1. The topological polar surface area (TPSA) is 185 Å². The predicted molar refractivity (Wildman–Crippen MR) is 199 cm³/mol. The third kappa shape index (κ3) is 11.1. The summed E-state index contributed by atoms with van der Waals surface area (Å²) in [5.74, 6) is -7.23. The smallest absolute Gasteiger partial charge is 0.422 e. The molecular formula is C40H48F3N3O10. The number of nitrogens with zero attached hydrogens (tertiary/aromatic N) is 3. The number of ether oxygens (including phenoxy) is 1. The second kappa shape index (κ2) is 19.5. The van der Waals surface area contributed by atoms with Crippen molar-refractivity contribution < 1.29 is 62.3 Å². The number of carbonyl (C=O) groups excluding carboxylic acids is 3. The Balaban J connectivity index is 0.000000303. The number of halogens is 3. The number of hydrogen-bond acceptors (Lipinski definition) is 9. The van der Waals surface area contributed by atoms with Crippen molar-refractivity contribution in [2.45, 2.75) is 56.5 Å². The number of benzene rings is 3. The van der Waals surface area contributed by atoms with Gasteiger partial charge in [-0.3, -0.25) is 9.59 Å². The number of urea groups is 1. The molecule has 0 spiro atoms. The number of alkyl halides is 3. The van der Waals surface area contributed by atoms with Crippen molar-refractivity contribution in [1.29, 1.82) is 0 Å². The van der Waals surface area contributed by atoms with E-state index in [9.17, 15) is 57.6 Å². The van der Waals surface area contributed by atoms with Crippen LogP contribution in [-0.4, -0.2) is 135 Å². The monoisotopic (exact) mass is 787 g/mol. The fraction of sp³-hybridized carbons (Fsp3) is 0.425. The highest BCUT2D eigenvalue weighted by molar-refractivity contribution is 6.28. The van der Waals surface area contributed by atoms with E-state index in [1.807, 2.05) is 17.0 Å². The lowest BCUT2D eigenvalue weighted by molar-refractivity contribution is -0.187. The summed E-state index contributed by atoms with van der Waals surface area (Å²) in [4.78, 5) is 66.6. The molecule has 56 heavy (non-hydrogen) atoms. The van der Waals surface area contributed by atoms with Crippen LogP contribution in [0.5, 0.6) is 5.75 Å². The Bertz CT molecular complexity index is 1710. The van der Waals surface area contributed by atoms with Gasteiger partial charge in [-0.05, 0) is 56.3 Å². The van der Waals surface area contributed by atoms with Gasteiger partial charge in [-0.25, -0.2) is 14.4 Å². The number of carboxylic acids is 2. The van der Waals surface area contributed by atoms with Crippen molar-refractivity contribution >= 4 is 29.5 Å². The SMILES string of the molecule is CCN(CC1CCN(C(=O)N(C)C)CC1)C(C)Cc1ccc(OCC(F)(F)F)cc1.O=C(O)C(O)(C(=O)c1ccccc1)C(O)(C(=O)O)C(=O)c1ccccc1. The maximum atomic E-state index is 12.6. The molecule has 13 nitrogen and oxygen atoms in total. The Morgan fingerprint density at radius 3 is 1.61 bits per heavy atom. The molecule has 16 heteroatoms. The second-order valence-corrected chi connectivity index (χ2v) is 13.7. The average Bonchev–Trinajstić information content (AvgIpc) is 3.18. The fourth-order valence-corrected chi connectivity index (χ4v) is 6.33. The van der Waals surface area contributed by atoms with Crippen LogP contribution in [0.3, 0.4) is 0 Å². The number of amides is 2. The van der Waals surface area contributed by atoms with E-state index in [0.717, 1.165) is 75.3 Å². The molecule has 1 fully saturated rings. The minimum Gasteiger partial charge on any atom is -0.484 e. The standard InChI is InChI=1S/C22H34F3N3O2.C18H14O8/c1-5-27(15-19-10-12-28(13-11-19)21(29)26(3)4)17(2)14-18-6-8-20(9-7-18)30-16-22(23,24)25;19-13(11-7-3-1-4-8-11)17(25,15(21)22)18(26,16(23)24)14(20)12-9-5-2-6-10-12/h6-9,17,19H,5,10-16H2,1-4H3;1-10,25-26H,(H,21,22)(H,23,24). The number of likely N-dealkylation sites (tertiary alicyclic amines) is 1. The quantitative estimate of drug-likeness (QED) is 0.124. The summed E-state index contributed by atoms with van der Waals surface area (Å²) in [5, 5.41) is 39.9. The van der Waals surface area contributed by atoms with Gasteiger partial charge in [0.2, 0.25) is 11.6 Å². The van der Waals surface area contributed by atoms with Gasteiger partial charge in [0, 0.05) is 50.9 Å². The number of hydrogen-bond donors (Lipinski definition) is 4. The lowest BCUT2D eigenvalue weighted by Gasteiger charge is -2.37. The zero-order valence-corrected chi connectivity index (χ0v) is 31.6. The van der Waals surface area contributed by atoms with Crippen LogP contribution < -0.4 is 4.74 Å². The predicted octanol–water partition coefficient (Wildman–Crippen LogP) is 4.66. The molecule has 1 saturated heterocycles. The molecule has 304 valence electrons. The van der Waals surface area contributed by atoms with Crippen molar-refractivity contribution in [3.8, 4) is 5.75 Å². The molecule has 0 aromatic heterocycles. The van der Waals surface area contributed by atoms with Crippen molar-refractivity contribution in [2.24, 2.45) is 5.92 Å². The molecule has 1 aliphatic rings. The van der Waals surface area contributed by atoms with E-state index in [0.29, 0.717) is 12.0 Å². The summed E-state index contributed by atoms with van der Waals surface area (Å²) in [5.41, 5.74) is -7.61. The van der Waals surface area contributed by atoms with E-state index in [4.69, 9.17) is 4.74 Å². The van der Waals surface area contributed by atoms with E-state index < -0.39 is 58.6 Å². The average molecular weight is 788 g/mol. The molecule has 4 N–H and O–H groups in total. The Morgan fingerprint density at radius 1 is 0.786 bits per heavy atom. The van der Waals surface area contributed by atoms with E-state index in [2.05, 4.69) is 18.7 Å². The normalized spacial score (nSPS) is 16.0. The Hall–Kier alpha value is -5.32. The lowest BCUT2D eigenvalue weighted by Crippen LogP contribution is -2.71. The first-order valence-corrected chi connectivity index (χ1v) is 17.9. The van der Waals surface area contributed by atoms with Gasteiger partial charge in [0.25, 0.3) is 11.2 Å². The molecule has 0 bridgehead atoms. The van der Waals surface area contributed by atoms with E-state index in [-0.39, 0.29) is 11.8 Å². The molecule has 4 rings (SSSR count). The number of carboxylic acid groups (broad SMARTS) is 2. The first-order chi connectivity index (χ1) is 26.3. The van der Waals surface area contributed by atoms with Gasteiger partial charge in [0.05, 0.1) is 0 Å². The van der Waals surface area contributed by atoms with Crippen molar-refractivity contribution in [3.05, 3.63) is 102 Å². The second-order valence-electron chi connectivity index (χ2n) is 13.7. The molecule has 1 aliphatic heterocycles. The molecule has 3 unspecified atom stereocenters. The van der Waals surface area contributed by atoms with Crippen molar-refractivity contribution in [1.82, 2.24) is 14.7 Å². The summed E-state index contributed by atoms with van der Waals surface area (Å²) in [6.07, 6.45) is -1.49. The third-order valence-electron chi connectivity index (χ3n) is 9.52. The van der Waals surface area contributed by atoms with Gasteiger partial charge in [0.15, 0.2) is 6.61 Å². The summed E-state index contributed by atoms with van der Waals surface area (Å²) < 4.78 is 41.5. The van der Waals surface area contributed by atoms with Crippen molar-refractivity contribution in [3.63, 3.8) is 0 Å². The number of piperidine rings is 1. The largest absolute Gasteiger partial charge is 0.484 e. The van der Waals surface area contributed by atoms with Gasteiger partial charge in [0.1, 0.15) is 5.75 Å². The molecule has 3 aromatic carbocycles. The zero-order chi connectivity index (χ0) is 41.8. The van der Waals surface area contributed by atoms with Gasteiger partial charge in [-0.15, -0.1) is 0 Å². The Labute approximate surface area is 322 Å². The molecular weight excluding hydrogens is 739 g/mol. The molecule has 0 saturated carbocycles. The minimum atomic E-state index is -4.33. The highest BCUT2D eigenvalue weighted by Gasteiger charge is 2.69. The van der Waals surface area contributed by atoms with Crippen LogP contribution in [0.2, 0.25) is 0 Å². The van der Waals surface area contributed by atoms with Crippen molar-refractivity contribution in [2.75, 3.05) is 46.9 Å². The molecule has 3 atom stereocenters. The van der Waals surface area contributed by atoms with Crippen LogP contribution in [-0.2, 0) is 16.0 Å². The van der Waals surface area contributed by atoms with E-state index in [1.165, 1.54) is 36.4 Å². The molecule has 3 aromatic rings. The van der Waals surface area contributed by atoms with Gasteiger partial charge in [-0.2, -0.15) is 13.2 Å². The molecule has 1 heterocycles. The number of aliphatic hydroxyl groups is 2. The van der Waals surface area contributed by atoms with Gasteiger partial charge < -0.3 is 39.9 Å². The summed E-state index contributed by atoms with van der Waals surface area (Å²) in [7, 11) is 3.56. The van der Waals surface area contributed by atoms with Crippen LogP contribution in [0.1, 0.15) is 53.0 Å². The van der Waals surface area contributed by atoms with E-state index >= 15 is 0 Å². The highest BCUT2D eigenvalue weighted by atomic mass is 19.4. The number of likely N-dealkylation sites (N-methyl/N-ethyl adjacent to an activating group) is 1. The van der Waals surface area contributed by atoms with Crippen LogP contribution in [0.4, 0.5) is 18.0 Å². The van der Waals surface area contributed by atoms with Crippen LogP contribution in [0.15, 0.2) is 84.9 Å². The maximum Gasteiger partial charge on any atom is 0.422 e. The fourth-order valence-electron chi connectivity index (χ4n) is 6.33. The summed E-state index contributed by atoms with van der Waals surface area (Å²) >= 11 is 0. The minimum absolute atomic E-state index is 0.0804. The Kier molecular flexibility index (Phi) is 15.7. The van der Waals surface area contributed by atoms with Gasteiger partial charge in [-0.1, -0.05) is 79.7 Å². The van der Waals surface area contributed by atoms with Crippen LogP contribution >= 0.6 is 0 Å². The molecule has 0 aliphatic carbocycles. The number of ketones is 2. The molecule has 0 radical (unpaired) electrons. The van der Waals surface area contributed by atoms with Crippen LogP contribution in [0.25, 0.3) is 0 Å². The summed E-state index contributed by atoms with van der Waals surface area (Å²) in [6, 6.07) is 20.1. The lowest BCUT2D eigenvalue weighted by atomic mass is 9.73. The number of aliphatic carboxylic acids is 2. The first-order valence-electron chi connectivity index (χ1n) is 17.9. The number of rotatable bonds is 15.